The number of hydrogen-bond acceptors (Lipinski definition) is 4. The highest BCUT2D eigenvalue weighted by Crippen LogP contribution is 2.33. The van der Waals surface area contributed by atoms with Crippen molar-refractivity contribution in [2.45, 2.75) is 25.8 Å². The number of fused-ring (bicyclic) bond motifs is 3. The lowest BCUT2D eigenvalue weighted by molar-refractivity contribution is -0.137. The zero-order chi connectivity index (χ0) is 15.1. The van der Waals surface area contributed by atoms with Crippen molar-refractivity contribution in [2.75, 3.05) is 0 Å². The largest absolute Gasteiger partial charge is 0.481 e. The van der Waals surface area contributed by atoms with Crippen molar-refractivity contribution in [3.8, 4) is 11.3 Å². The first kappa shape index (κ1) is 13.2. The Kier molecular flexibility index (Phi) is 2.89. The lowest BCUT2D eigenvalue weighted by Gasteiger charge is -2.13. The first-order valence-electron chi connectivity index (χ1n) is 6.33. The maximum Gasteiger partial charge on any atom is 0.357 e. The molecule has 1 aliphatic rings. The standard InChI is InChI=1S/C12H12N4O5/c17-7(18)3-4-16-6-2-1-5-9(13-14-11(5)19)8(6)10(15-16)12(20)21/h1-4H2,(H,17,18)(H,20,21)(H2,13,14,19). The number of H-pyrrole nitrogens is 2. The van der Waals surface area contributed by atoms with Crippen LogP contribution in [0.4, 0.5) is 0 Å². The first-order valence-corrected chi connectivity index (χ1v) is 6.33. The number of hydrogen-bond donors (Lipinski definition) is 4. The van der Waals surface area contributed by atoms with Crippen LogP contribution in [0.1, 0.15) is 28.2 Å². The van der Waals surface area contributed by atoms with E-state index in [9.17, 15) is 19.5 Å². The van der Waals surface area contributed by atoms with Gasteiger partial charge in [-0.05, 0) is 12.8 Å². The highest BCUT2D eigenvalue weighted by Gasteiger charge is 2.30. The van der Waals surface area contributed by atoms with Crippen LogP contribution in [0.2, 0.25) is 0 Å². The molecule has 110 valence electrons. The molecule has 0 fully saturated rings. The lowest BCUT2D eigenvalue weighted by Crippen LogP contribution is -2.15. The zero-order valence-corrected chi connectivity index (χ0v) is 10.8. The third kappa shape index (κ3) is 2.02. The maximum atomic E-state index is 11.6. The Morgan fingerprint density at radius 1 is 1.24 bits per heavy atom. The number of rotatable bonds is 4. The van der Waals surface area contributed by atoms with Gasteiger partial charge in [-0.15, -0.1) is 0 Å². The molecule has 0 atom stereocenters. The molecule has 9 heteroatoms. The number of nitrogens with one attached hydrogen (secondary N) is 2. The molecular formula is C12H12N4O5. The second-order valence-electron chi connectivity index (χ2n) is 4.78. The molecule has 0 unspecified atom stereocenters. The monoisotopic (exact) mass is 292 g/mol. The van der Waals surface area contributed by atoms with E-state index < -0.39 is 11.9 Å². The highest BCUT2D eigenvalue weighted by molar-refractivity contribution is 5.95. The van der Waals surface area contributed by atoms with E-state index in [2.05, 4.69) is 15.3 Å². The molecule has 2 aromatic heterocycles. The predicted molar refractivity (Wildman–Crippen MR) is 69.3 cm³/mol. The molecule has 4 N–H and O–H groups in total. The predicted octanol–water partition coefficient (Wildman–Crippen LogP) is -0.162. The second kappa shape index (κ2) is 4.62. The third-order valence-corrected chi connectivity index (χ3v) is 3.54. The van der Waals surface area contributed by atoms with Gasteiger partial charge < -0.3 is 10.2 Å². The summed E-state index contributed by atoms with van der Waals surface area (Å²) in [5.41, 5.74) is 1.49. The van der Waals surface area contributed by atoms with Gasteiger partial charge in [0.1, 0.15) is 0 Å². The van der Waals surface area contributed by atoms with Crippen LogP contribution in [0.3, 0.4) is 0 Å². The van der Waals surface area contributed by atoms with Gasteiger partial charge in [-0.2, -0.15) is 5.10 Å². The molecule has 2 heterocycles. The van der Waals surface area contributed by atoms with E-state index in [4.69, 9.17) is 5.11 Å². The minimum absolute atomic E-state index is 0.0922. The van der Waals surface area contributed by atoms with E-state index in [0.29, 0.717) is 35.4 Å². The number of aromatic nitrogens is 4. The molecule has 0 saturated carbocycles. The van der Waals surface area contributed by atoms with Crippen LogP contribution in [-0.2, 0) is 24.2 Å². The quantitative estimate of drug-likeness (QED) is 0.617. The van der Waals surface area contributed by atoms with Crippen LogP contribution >= 0.6 is 0 Å². The van der Waals surface area contributed by atoms with Crippen LogP contribution in [0.15, 0.2) is 4.79 Å². The zero-order valence-electron chi connectivity index (χ0n) is 10.8. The van der Waals surface area contributed by atoms with Crippen molar-refractivity contribution in [2.24, 2.45) is 0 Å². The Bertz CT molecular complexity index is 797. The molecule has 0 spiro atoms. The summed E-state index contributed by atoms with van der Waals surface area (Å²) in [4.78, 5) is 33.7. The highest BCUT2D eigenvalue weighted by atomic mass is 16.4. The van der Waals surface area contributed by atoms with Gasteiger partial charge in [-0.1, -0.05) is 0 Å². The number of carboxylic acids is 2. The summed E-state index contributed by atoms with van der Waals surface area (Å²) in [5, 5.41) is 27.1. The van der Waals surface area contributed by atoms with E-state index in [0.717, 1.165) is 0 Å². The van der Waals surface area contributed by atoms with Crippen LogP contribution in [0, 0.1) is 0 Å². The maximum absolute atomic E-state index is 11.6. The van der Waals surface area contributed by atoms with Gasteiger partial charge in [0.25, 0.3) is 5.56 Å². The summed E-state index contributed by atoms with van der Waals surface area (Å²) in [5.74, 6) is -2.20. The average molecular weight is 292 g/mol. The van der Waals surface area contributed by atoms with E-state index in [1.165, 1.54) is 4.68 Å². The van der Waals surface area contributed by atoms with Crippen molar-refractivity contribution < 1.29 is 19.8 Å². The number of nitrogens with zero attached hydrogens (tertiary/aromatic N) is 2. The van der Waals surface area contributed by atoms with E-state index in [1.54, 1.807) is 0 Å². The number of carboxylic acid groups (broad SMARTS) is 2. The van der Waals surface area contributed by atoms with Gasteiger partial charge in [0.05, 0.1) is 24.2 Å². The minimum atomic E-state index is -1.21. The molecule has 9 nitrogen and oxygen atoms in total. The van der Waals surface area contributed by atoms with Crippen LogP contribution in [-0.4, -0.2) is 42.1 Å². The number of aromatic carboxylic acids is 1. The van der Waals surface area contributed by atoms with Crippen molar-refractivity contribution in [3.63, 3.8) is 0 Å². The van der Waals surface area contributed by atoms with Crippen molar-refractivity contribution in [1.29, 1.82) is 0 Å². The molecule has 3 rings (SSSR count). The molecule has 0 amide bonds. The molecular weight excluding hydrogens is 280 g/mol. The molecule has 21 heavy (non-hydrogen) atoms. The normalized spacial score (nSPS) is 12.8. The summed E-state index contributed by atoms with van der Waals surface area (Å²) in [6.45, 7) is 0.0922. The van der Waals surface area contributed by atoms with Gasteiger partial charge in [-0.25, -0.2) is 4.79 Å². The van der Waals surface area contributed by atoms with Gasteiger partial charge in [-0.3, -0.25) is 24.5 Å². The fraction of sp³-hybridized carbons (Fsp3) is 0.333. The molecule has 0 aliphatic heterocycles. The van der Waals surface area contributed by atoms with Crippen LogP contribution < -0.4 is 5.56 Å². The fourth-order valence-corrected chi connectivity index (χ4v) is 2.63. The van der Waals surface area contributed by atoms with Gasteiger partial charge >= 0.3 is 11.9 Å². The molecule has 0 saturated heterocycles. The molecule has 1 aliphatic carbocycles. The number of aromatic amines is 2. The Hall–Kier alpha value is -2.84. The van der Waals surface area contributed by atoms with E-state index >= 15 is 0 Å². The van der Waals surface area contributed by atoms with E-state index in [-0.39, 0.29) is 24.2 Å². The molecule has 2 aromatic rings. The number of aryl methyl sites for hydroxylation is 1. The first-order chi connectivity index (χ1) is 9.99. The van der Waals surface area contributed by atoms with Crippen LogP contribution in [0.25, 0.3) is 11.3 Å². The summed E-state index contributed by atoms with van der Waals surface area (Å²) >= 11 is 0. The summed E-state index contributed by atoms with van der Waals surface area (Å²) in [7, 11) is 0. The van der Waals surface area contributed by atoms with Crippen molar-refractivity contribution >= 4 is 11.9 Å². The van der Waals surface area contributed by atoms with Crippen molar-refractivity contribution in [3.05, 3.63) is 27.3 Å². The summed E-state index contributed by atoms with van der Waals surface area (Å²) in [6, 6.07) is 0. The summed E-state index contributed by atoms with van der Waals surface area (Å²) < 4.78 is 1.40. The van der Waals surface area contributed by atoms with Gasteiger partial charge in [0.2, 0.25) is 0 Å². The Morgan fingerprint density at radius 3 is 2.67 bits per heavy atom. The lowest BCUT2D eigenvalue weighted by atomic mass is 9.94. The minimum Gasteiger partial charge on any atom is -0.481 e. The third-order valence-electron chi connectivity index (χ3n) is 3.54. The Labute approximate surface area is 117 Å². The number of aliphatic carboxylic acids is 1. The average Bonchev–Trinajstić information content (AvgIpc) is 2.97. The van der Waals surface area contributed by atoms with Gasteiger partial charge in [0.15, 0.2) is 5.69 Å². The molecule has 0 bridgehead atoms. The smallest absolute Gasteiger partial charge is 0.357 e. The Balaban J connectivity index is 2.15. The fourth-order valence-electron chi connectivity index (χ4n) is 2.63. The SMILES string of the molecule is O=C(O)CCn1nc(C(=O)O)c2c1CCc1c-2[nH][nH]c1=O. The number of carbonyl (C=O) groups is 2. The second-order valence-corrected chi connectivity index (χ2v) is 4.78. The van der Waals surface area contributed by atoms with E-state index in [1.807, 2.05) is 0 Å². The Morgan fingerprint density at radius 2 is 2.00 bits per heavy atom. The summed E-state index contributed by atoms with van der Waals surface area (Å²) in [6.07, 6.45) is 0.756. The molecule has 0 aromatic carbocycles. The van der Waals surface area contributed by atoms with Gasteiger partial charge in [0, 0.05) is 11.3 Å². The van der Waals surface area contributed by atoms with Crippen LogP contribution in [0.5, 0.6) is 0 Å². The van der Waals surface area contributed by atoms with Crippen molar-refractivity contribution in [1.82, 2.24) is 20.0 Å². The molecule has 0 radical (unpaired) electrons. The topological polar surface area (TPSA) is 141 Å².